The Balaban J connectivity index is 1.94. The van der Waals surface area contributed by atoms with E-state index in [2.05, 4.69) is 5.32 Å². The van der Waals surface area contributed by atoms with Gasteiger partial charge in [0, 0.05) is 26.6 Å². The standard InChI is InChI=1S/C14H19N3O3/c1-20-7-6-17-9-10(8-13(17)18)14(19)16-12-5-3-2-4-11(12)15/h2-5,10H,6-9,15H2,1H3,(H,16,19). The normalized spacial score (nSPS) is 18.4. The number of benzene rings is 1. The van der Waals surface area contributed by atoms with E-state index in [-0.39, 0.29) is 24.2 Å². The fourth-order valence-electron chi connectivity index (χ4n) is 2.21. The fraction of sp³-hybridized carbons (Fsp3) is 0.429. The van der Waals surface area contributed by atoms with Crippen molar-refractivity contribution >= 4 is 23.2 Å². The zero-order valence-corrected chi connectivity index (χ0v) is 11.5. The SMILES string of the molecule is COCCN1CC(C(=O)Nc2ccccc2N)CC1=O. The topological polar surface area (TPSA) is 84.7 Å². The Morgan fingerprint density at radius 1 is 1.50 bits per heavy atom. The summed E-state index contributed by atoms with van der Waals surface area (Å²) in [4.78, 5) is 25.6. The molecular formula is C14H19N3O3. The summed E-state index contributed by atoms with van der Waals surface area (Å²) < 4.78 is 4.95. The highest BCUT2D eigenvalue weighted by Gasteiger charge is 2.34. The first-order chi connectivity index (χ1) is 9.61. The summed E-state index contributed by atoms with van der Waals surface area (Å²) >= 11 is 0. The van der Waals surface area contributed by atoms with E-state index < -0.39 is 0 Å². The number of nitrogens with zero attached hydrogens (tertiary/aromatic N) is 1. The molecule has 108 valence electrons. The number of rotatable bonds is 5. The van der Waals surface area contributed by atoms with Crippen LogP contribution in [0.4, 0.5) is 11.4 Å². The van der Waals surface area contributed by atoms with Crippen LogP contribution in [0.15, 0.2) is 24.3 Å². The highest BCUT2D eigenvalue weighted by molar-refractivity contribution is 5.98. The lowest BCUT2D eigenvalue weighted by atomic mass is 10.1. The number of anilines is 2. The third kappa shape index (κ3) is 3.27. The van der Waals surface area contributed by atoms with E-state index in [0.717, 1.165) is 0 Å². The van der Waals surface area contributed by atoms with E-state index in [1.54, 1.807) is 36.3 Å². The van der Waals surface area contributed by atoms with Crippen molar-refractivity contribution in [2.24, 2.45) is 5.92 Å². The number of likely N-dealkylation sites (tertiary alicyclic amines) is 1. The maximum atomic E-state index is 12.2. The monoisotopic (exact) mass is 277 g/mol. The van der Waals surface area contributed by atoms with Crippen LogP contribution in [0, 0.1) is 5.92 Å². The molecule has 1 heterocycles. The first-order valence-corrected chi connectivity index (χ1v) is 6.54. The first-order valence-electron chi connectivity index (χ1n) is 6.54. The van der Waals surface area contributed by atoms with Gasteiger partial charge in [0.25, 0.3) is 0 Å². The molecule has 1 fully saturated rings. The number of hydrogen-bond donors (Lipinski definition) is 2. The van der Waals surface area contributed by atoms with Crippen LogP contribution >= 0.6 is 0 Å². The summed E-state index contributed by atoms with van der Waals surface area (Å²) in [7, 11) is 1.59. The number of para-hydroxylation sites is 2. The van der Waals surface area contributed by atoms with Gasteiger partial charge in [-0.15, -0.1) is 0 Å². The van der Waals surface area contributed by atoms with Gasteiger partial charge in [-0.25, -0.2) is 0 Å². The summed E-state index contributed by atoms with van der Waals surface area (Å²) in [6.45, 7) is 1.43. The van der Waals surface area contributed by atoms with Crippen molar-refractivity contribution in [3.8, 4) is 0 Å². The summed E-state index contributed by atoms with van der Waals surface area (Å²) in [6, 6.07) is 7.07. The highest BCUT2D eigenvalue weighted by atomic mass is 16.5. The Hall–Kier alpha value is -2.08. The Labute approximate surface area is 117 Å². The molecule has 0 radical (unpaired) electrons. The molecule has 2 rings (SSSR count). The van der Waals surface area contributed by atoms with E-state index in [9.17, 15) is 9.59 Å². The van der Waals surface area contributed by atoms with Gasteiger partial charge in [0.05, 0.1) is 23.9 Å². The molecule has 0 aliphatic carbocycles. The lowest BCUT2D eigenvalue weighted by molar-refractivity contribution is -0.128. The molecule has 3 N–H and O–H groups in total. The Morgan fingerprint density at radius 3 is 2.95 bits per heavy atom. The van der Waals surface area contributed by atoms with Gasteiger partial charge < -0.3 is 20.7 Å². The number of nitrogens with one attached hydrogen (secondary N) is 1. The number of methoxy groups -OCH3 is 1. The lowest BCUT2D eigenvalue weighted by Crippen LogP contribution is -2.30. The van der Waals surface area contributed by atoms with E-state index in [4.69, 9.17) is 10.5 Å². The summed E-state index contributed by atoms with van der Waals surface area (Å²) in [5.74, 6) is -0.515. The molecule has 1 aromatic carbocycles. The minimum absolute atomic E-state index is 0.0109. The number of hydrogen-bond acceptors (Lipinski definition) is 4. The van der Waals surface area contributed by atoms with Gasteiger partial charge in [-0.2, -0.15) is 0 Å². The number of carbonyl (C=O) groups excluding carboxylic acids is 2. The molecule has 1 aliphatic heterocycles. The van der Waals surface area contributed by atoms with Crippen molar-refractivity contribution in [1.29, 1.82) is 0 Å². The summed E-state index contributed by atoms with van der Waals surface area (Å²) in [6.07, 6.45) is 0.238. The van der Waals surface area contributed by atoms with Crippen LogP contribution in [0.2, 0.25) is 0 Å². The zero-order chi connectivity index (χ0) is 14.5. The fourth-order valence-corrected chi connectivity index (χ4v) is 2.21. The predicted molar refractivity (Wildman–Crippen MR) is 76.0 cm³/mol. The first kappa shape index (κ1) is 14.3. The number of ether oxygens (including phenoxy) is 1. The maximum absolute atomic E-state index is 12.2. The molecule has 0 saturated carbocycles. The van der Waals surface area contributed by atoms with Gasteiger partial charge in [-0.05, 0) is 12.1 Å². The second-order valence-electron chi connectivity index (χ2n) is 4.81. The minimum atomic E-state index is -0.334. The Bertz CT molecular complexity index is 504. The predicted octanol–water partition coefficient (Wildman–Crippen LogP) is 0.702. The largest absolute Gasteiger partial charge is 0.397 e. The van der Waals surface area contributed by atoms with Gasteiger partial charge >= 0.3 is 0 Å². The van der Waals surface area contributed by atoms with Gasteiger partial charge in [-0.3, -0.25) is 9.59 Å². The van der Waals surface area contributed by atoms with Gasteiger partial charge in [0.1, 0.15) is 0 Å². The number of amides is 2. The molecule has 20 heavy (non-hydrogen) atoms. The molecule has 1 aliphatic rings. The maximum Gasteiger partial charge on any atom is 0.229 e. The third-order valence-electron chi connectivity index (χ3n) is 3.37. The van der Waals surface area contributed by atoms with Crippen LogP contribution in [0.5, 0.6) is 0 Å². The van der Waals surface area contributed by atoms with Crippen LogP contribution in [-0.2, 0) is 14.3 Å². The molecule has 6 heteroatoms. The highest BCUT2D eigenvalue weighted by Crippen LogP contribution is 2.22. The van der Waals surface area contributed by atoms with E-state index in [1.165, 1.54) is 0 Å². The molecule has 1 unspecified atom stereocenters. The molecule has 2 amide bonds. The van der Waals surface area contributed by atoms with E-state index in [0.29, 0.717) is 31.1 Å². The average molecular weight is 277 g/mol. The lowest BCUT2D eigenvalue weighted by Gasteiger charge is -2.16. The van der Waals surface area contributed by atoms with Crippen LogP contribution in [0.25, 0.3) is 0 Å². The second-order valence-corrected chi connectivity index (χ2v) is 4.81. The second kappa shape index (κ2) is 6.38. The van der Waals surface area contributed by atoms with Gasteiger partial charge in [0.15, 0.2) is 0 Å². The molecule has 1 atom stereocenters. The average Bonchev–Trinajstić information content (AvgIpc) is 2.80. The van der Waals surface area contributed by atoms with Crippen LogP contribution in [0.1, 0.15) is 6.42 Å². The van der Waals surface area contributed by atoms with Gasteiger partial charge in [-0.1, -0.05) is 12.1 Å². The van der Waals surface area contributed by atoms with Crippen LogP contribution in [-0.4, -0.2) is 43.5 Å². The van der Waals surface area contributed by atoms with Crippen molar-refractivity contribution in [1.82, 2.24) is 4.90 Å². The van der Waals surface area contributed by atoms with E-state index in [1.807, 2.05) is 0 Å². The Kier molecular flexibility index (Phi) is 4.57. The van der Waals surface area contributed by atoms with Crippen molar-refractivity contribution in [2.45, 2.75) is 6.42 Å². The van der Waals surface area contributed by atoms with Crippen molar-refractivity contribution < 1.29 is 14.3 Å². The number of nitrogens with two attached hydrogens (primary N) is 1. The van der Waals surface area contributed by atoms with E-state index >= 15 is 0 Å². The minimum Gasteiger partial charge on any atom is -0.397 e. The third-order valence-corrected chi connectivity index (χ3v) is 3.37. The van der Waals surface area contributed by atoms with Crippen molar-refractivity contribution in [3.63, 3.8) is 0 Å². The molecule has 0 bridgehead atoms. The molecule has 1 aromatic rings. The molecule has 6 nitrogen and oxygen atoms in total. The molecule has 1 saturated heterocycles. The van der Waals surface area contributed by atoms with Crippen molar-refractivity contribution in [3.05, 3.63) is 24.3 Å². The number of carbonyl (C=O) groups is 2. The smallest absolute Gasteiger partial charge is 0.229 e. The van der Waals surface area contributed by atoms with Crippen LogP contribution in [0.3, 0.4) is 0 Å². The van der Waals surface area contributed by atoms with Gasteiger partial charge in [0.2, 0.25) is 11.8 Å². The number of nitrogen functional groups attached to an aromatic ring is 1. The zero-order valence-electron chi connectivity index (χ0n) is 11.5. The summed E-state index contributed by atoms with van der Waals surface area (Å²) in [5.41, 5.74) is 6.88. The molecule has 0 aromatic heterocycles. The quantitative estimate of drug-likeness (QED) is 0.776. The summed E-state index contributed by atoms with van der Waals surface area (Å²) in [5, 5.41) is 2.78. The molecule has 0 spiro atoms. The molecular weight excluding hydrogens is 258 g/mol. The van der Waals surface area contributed by atoms with Crippen LogP contribution < -0.4 is 11.1 Å². The van der Waals surface area contributed by atoms with Crippen molar-refractivity contribution in [2.75, 3.05) is 37.9 Å². The Morgan fingerprint density at radius 2 is 2.25 bits per heavy atom.